The summed E-state index contributed by atoms with van der Waals surface area (Å²) in [5.41, 5.74) is 4.49. The molecule has 0 amide bonds. The molecule has 0 saturated heterocycles. The molecule has 3 nitrogen and oxygen atoms in total. The van der Waals surface area contributed by atoms with Gasteiger partial charge in [-0.3, -0.25) is 0 Å². The highest BCUT2D eigenvalue weighted by atomic mass is 79.9. The number of aliphatic hydroxyl groups is 1. The standard InChI is InChI=1S/C16H21BrN2O/c1-11-14(9-10-20)15(17)19(18-11)13-7-5-12(6-8-13)16(2,3)4/h5-8,20H,9-10H2,1-4H3. The van der Waals surface area contributed by atoms with Crippen LogP contribution in [0.25, 0.3) is 5.69 Å². The molecule has 0 bridgehead atoms. The number of hydrogen-bond donors (Lipinski definition) is 1. The SMILES string of the molecule is Cc1nn(-c2ccc(C(C)(C)C)cc2)c(Br)c1CCO. The summed E-state index contributed by atoms with van der Waals surface area (Å²) < 4.78 is 2.81. The zero-order valence-corrected chi connectivity index (χ0v) is 14.0. The van der Waals surface area contributed by atoms with Crippen molar-refractivity contribution in [1.82, 2.24) is 9.78 Å². The van der Waals surface area contributed by atoms with E-state index < -0.39 is 0 Å². The van der Waals surface area contributed by atoms with Crippen molar-refractivity contribution in [3.8, 4) is 5.69 Å². The summed E-state index contributed by atoms with van der Waals surface area (Å²) >= 11 is 3.59. The molecular formula is C16H21BrN2O. The molecule has 0 spiro atoms. The molecule has 20 heavy (non-hydrogen) atoms. The number of aryl methyl sites for hydroxylation is 1. The van der Waals surface area contributed by atoms with Gasteiger partial charge in [0.2, 0.25) is 0 Å². The van der Waals surface area contributed by atoms with E-state index in [0.29, 0.717) is 6.42 Å². The highest BCUT2D eigenvalue weighted by molar-refractivity contribution is 9.10. The van der Waals surface area contributed by atoms with Crippen LogP contribution < -0.4 is 0 Å². The van der Waals surface area contributed by atoms with E-state index in [2.05, 4.69) is 66.1 Å². The smallest absolute Gasteiger partial charge is 0.113 e. The van der Waals surface area contributed by atoms with Crippen molar-refractivity contribution < 1.29 is 5.11 Å². The minimum absolute atomic E-state index is 0.133. The Labute approximate surface area is 128 Å². The fourth-order valence-electron chi connectivity index (χ4n) is 2.20. The van der Waals surface area contributed by atoms with E-state index in [9.17, 15) is 0 Å². The van der Waals surface area contributed by atoms with E-state index in [0.717, 1.165) is 21.5 Å². The minimum Gasteiger partial charge on any atom is -0.396 e. The first-order chi connectivity index (χ1) is 9.34. The number of rotatable bonds is 3. The van der Waals surface area contributed by atoms with Crippen LogP contribution in [0, 0.1) is 6.92 Å². The number of nitrogens with zero attached hydrogens (tertiary/aromatic N) is 2. The Balaban J connectivity index is 2.40. The second kappa shape index (κ2) is 5.70. The van der Waals surface area contributed by atoms with Gasteiger partial charge in [-0.05, 0) is 46.0 Å². The lowest BCUT2D eigenvalue weighted by Gasteiger charge is -2.19. The number of aliphatic hydroxyl groups excluding tert-OH is 1. The van der Waals surface area contributed by atoms with Gasteiger partial charge in [-0.2, -0.15) is 5.10 Å². The molecule has 0 aliphatic carbocycles. The Morgan fingerprint density at radius 2 is 1.80 bits per heavy atom. The highest BCUT2D eigenvalue weighted by Crippen LogP contribution is 2.27. The van der Waals surface area contributed by atoms with Gasteiger partial charge in [0.05, 0.1) is 11.4 Å². The molecule has 4 heteroatoms. The van der Waals surface area contributed by atoms with E-state index in [4.69, 9.17) is 5.11 Å². The van der Waals surface area contributed by atoms with Gasteiger partial charge in [-0.1, -0.05) is 32.9 Å². The molecule has 0 saturated carbocycles. The molecule has 1 N–H and O–H groups in total. The second-order valence-corrected chi connectivity index (χ2v) is 6.79. The van der Waals surface area contributed by atoms with Gasteiger partial charge >= 0.3 is 0 Å². The maximum absolute atomic E-state index is 9.12. The number of hydrogen-bond acceptors (Lipinski definition) is 2. The summed E-state index contributed by atoms with van der Waals surface area (Å²) in [7, 11) is 0. The lowest BCUT2D eigenvalue weighted by molar-refractivity contribution is 0.299. The Kier molecular flexibility index (Phi) is 4.35. The van der Waals surface area contributed by atoms with Crippen molar-refractivity contribution in [2.45, 2.75) is 39.5 Å². The Morgan fingerprint density at radius 1 is 1.20 bits per heavy atom. The normalized spacial score (nSPS) is 11.9. The summed E-state index contributed by atoms with van der Waals surface area (Å²) in [5, 5.41) is 13.7. The zero-order chi connectivity index (χ0) is 14.9. The van der Waals surface area contributed by atoms with Crippen LogP contribution in [0.5, 0.6) is 0 Å². The lowest BCUT2D eigenvalue weighted by atomic mass is 9.87. The monoisotopic (exact) mass is 336 g/mol. The number of benzene rings is 1. The van der Waals surface area contributed by atoms with E-state index in [-0.39, 0.29) is 12.0 Å². The highest BCUT2D eigenvalue weighted by Gasteiger charge is 2.16. The summed E-state index contributed by atoms with van der Waals surface area (Å²) in [5.74, 6) is 0. The van der Waals surface area contributed by atoms with E-state index in [1.54, 1.807) is 0 Å². The molecule has 0 atom stereocenters. The van der Waals surface area contributed by atoms with Gasteiger partial charge < -0.3 is 5.11 Å². The molecule has 1 aromatic heterocycles. The summed E-state index contributed by atoms with van der Waals surface area (Å²) in [4.78, 5) is 0. The van der Waals surface area contributed by atoms with Crippen molar-refractivity contribution in [2.24, 2.45) is 0 Å². The number of aromatic nitrogens is 2. The Hall–Kier alpha value is -1.13. The van der Waals surface area contributed by atoms with Gasteiger partial charge in [-0.25, -0.2) is 4.68 Å². The lowest BCUT2D eigenvalue weighted by Crippen LogP contribution is -2.11. The zero-order valence-electron chi connectivity index (χ0n) is 12.4. The molecule has 0 fully saturated rings. The van der Waals surface area contributed by atoms with Crippen LogP contribution in [0.15, 0.2) is 28.9 Å². The molecule has 2 rings (SSSR count). The molecule has 108 valence electrons. The summed E-state index contributed by atoms with van der Waals surface area (Å²) in [6, 6.07) is 8.45. The van der Waals surface area contributed by atoms with Crippen LogP contribution in [-0.2, 0) is 11.8 Å². The average molecular weight is 337 g/mol. The predicted molar refractivity (Wildman–Crippen MR) is 85.5 cm³/mol. The first kappa shape index (κ1) is 15.3. The third kappa shape index (κ3) is 2.96. The van der Waals surface area contributed by atoms with Crippen LogP contribution in [0.3, 0.4) is 0 Å². The maximum atomic E-state index is 9.12. The molecule has 1 aromatic carbocycles. The van der Waals surface area contributed by atoms with Crippen LogP contribution in [0.2, 0.25) is 0 Å². The largest absolute Gasteiger partial charge is 0.396 e. The van der Waals surface area contributed by atoms with Crippen molar-refractivity contribution in [3.05, 3.63) is 45.7 Å². The topological polar surface area (TPSA) is 38.0 Å². The molecular weight excluding hydrogens is 316 g/mol. The van der Waals surface area contributed by atoms with Gasteiger partial charge in [-0.15, -0.1) is 0 Å². The van der Waals surface area contributed by atoms with Crippen molar-refractivity contribution in [2.75, 3.05) is 6.61 Å². The van der Waals surface area contributed by atoms with E-state index in [1.807, 2.05) is 11.6 Å². The maximum Gasteiger partial charge on any atom is 0.113 e. The van der Waals surface area contributed by atoms with Crippen LogP contribution in [-0.4, -0.2) is 21.5 Å². The van der Waals surface area contributed by atoms with E-state index >= 15 is 0 Å². The molecule has 0 aliphatic heterocycles. The molecule has 0 aliphatic rings. The van der Waals surface area contributed by atoms with Gasteiger partial charge in [0.25, 0.3) is 0 Å². The Morgan fingerprint density at radius 3 is 2.30 bits per heavy atom. The van der Waals surface area contributed by atoms with Crippen molar-refractivity contribution in [3.63, 3.8) is 0 Å². The van der Waals surface area contributed by atoms with E-state index in [1.165, 1.54) is 5.56 Å². The minimum atomic E-state index is 0.133. The molecule has 1 heterocycles. The van der Waals surface area contributed by atoms with Crippen LogP contribution in [0.1, 0.15) is 37.6 Å². The van der Waals surface area contributed by atoms with Crippen LogP contribution in [0.4, 0.5) is 0 Å². The number of halogens is 1. The molecule has 0 radical (unpaired) electrons. The average Bonchev–Trinajstić information content (AvgIpc) is 2.66. The Bertz CT molecular complexity index is 594. The summed E-state index contributed by atoms with van der Waals surface area (Å²) in [6.45, 7) is 8.71. The quantitative estimate of drug-likeness (QED) is 0.926. The fourth-order valence-corrected chi connectivity index (χ4v) is 2.97. The van der Waals surface area contributed by atoms with Gasteiger partial charge in [0.1, 0.15) is 4.60 Å². The fraction of sp³-hybridized carbons (Fsp3) is 0.438. The van der Waals surface area contributed by atoms with Gasteiger partial charge in [0.15, 0.2) is 0 Å². The first-order valence-electron chi connectivity index (χ1n) is 6.80. The summed E-state index contributed by atoms with van der Waals surface area (Å²) in [6.07, 6.45) is 0.618. The predicted octanol–water partition coefficient (Wildman–Crippen LogP) is 3.78. The molecule has 0 unspecified atom stereocenters. The van der Waals surface area contributed by atoms with Crippen molar-refractivity contribution >= 4 is 15.9 Å². The first-order valence-corrected chi connectivity index (χ1v) is 7.59. The second-order valence-electron chi connectivity index (χ2n) is 6.04. The van der Waals surface area contributed by atoms with Crippen molar-refractivity contribution in [1.29, 1.82) is 0 Å². The van der Waals surface area contributed by atoms with Crippen LogP contribution >= 0.6 is 15.9 Å². The molecule has 2 aromatic rings. The third-order valence-electron chi connectivity index (χ3n) is 3.46. The van der Waals surface area contributed by atoms with Gasteiger partial charge in [0, 0.05) is 18.6 Å². The third-order valence-corrected chi connectivity index (χ3v) is 4.28.